The predicted molar refractivity (Wildman–Crippen MR) is 90.8 cm³/mol. The Hall–Kier alpha value is -2.68. The van der Waals surface area contributed by atoms with Crippen LogP contribution in [0.15, 0.2) is 60.7 Å². The predicted octanol–water partition coefficient (Wildman–Crippen LogP) is 4.47. The summed E-state index contributed by atoms with van der Waals surface area (Å²) in [5.41, 5.74) is 2.24. The van der Waals surface area contributed by atoms with Gasteiger partial charge in [0.2, 0.25) is 0 Å². The van der Waals surface area contributed by atoms with Crippen molar-refractivity contribution in [2.75, 3.05) is 19.5 Å². The van der Waals surface area contributed by atoms with Gasteiger partial charge in [-0.3, -0.25) is 0 Å². The van der Waals surface area contributed by atoms with Crippen LogP contribution in [0.5, 0.6) is 11.5 Å². The molecule has 0 bridgehead atoms. The Bertz CT molecular complexity index is 756. The van der Waals surface area contributed by atoms with Crippen LogP contribution in [-0.2, 0) is 6.54 Å². The Morgan fingerprint density at radius 3 is 2.23 bits per heavy atom. The number of hydrogen-bond acceptors (Lipinski definition) is 3. The molecule has 0 aromatic heterocycles. The highest BCUT2D eigenvalue weighted by atomic mass is 16.5. The van der Waals surface area contributed by atoms with E-state index >= 15 is 0 Å². The Kier molecular flexibility index (Phi) is 4.15. The maximum atomic E-state index is 5.31. The third kappa shape index (κ3) is 2.98. The van der Waals surface area contributed by atoms with Crippen molar-refractivity contribution in [1.29, 1.82) is 0 Å². The quantitative estimate of drug-likeness (QED) is 0.753. The van der Waals surface area contributed by atoms with Gasteiger partial charge in [-0.2, -0.15) is 0 Å². The van der Waals surface area contributed by atoms with Crippen molar-refractivity contribution in [1.82, 2.24) is 0 Å². The first-order chi connectivity index (χ1) is 10.8. The van der Waals surface area contributed by atoms with Crippen LogP contribution < -0.4 is 14.8 Å². The summed E-state index contributed by atoms with van der Waals surface area (Å²) >= 11 is 0. The zero-order valence-electron chi connectivity index (χ0n) is 12.8. The average molecular weight is 293 g/mol. The third-order valence-electron chi connectivity index (χ3n) is 3.68. The number of hydrogen-bond donors (Lipinski definition) is 1. The maximum Gasteiger partial charge on any atom is 0.122 e. The van der Waals surface area contributed by atoms with Crippen LogP contribution >= 0.6 is 0 Å². The lowest BCUT2D eigenvalue weighted by molar-refractivity contribution is 0.393. The summed E-state index contributed by atoms with van der Waals surface area (Å²) < 4.78 is 10.6. The van der Waals surface area contributed by atoms with Crippen LogP contribution in [0.25, 0.3) is 10.8 Å². The van der Waals surface area contributed by atoms with Crippen LogP contribution in [0, 0.1) is 0 Å². The van der Waals surface area contributed by atoms with Gasteiger partial charge in [0.1, 0.15) is 11.5 Å². The van der Waals surface area contributed by atoms with Crippen LogP contribution in [-0.4, -0.2) is 14.2 Å². The molecule has 3 nitrogen and oxygen atoms in total. The standard InChI is InChI=1S/C19H19NO2/c1-21-16-10-14(11-17(12-16)22-2)13-20-19-9-5-7-15-6-3-4-8-18(15)19/h3-12,20H,13H2,1-2H3. The zero-order chi connectivity index (χ0) is 15.4. The van der Waals surface area contributed by atoms with Gasteiger partial charge in [-0.1, -0.05) is 36.4 Å². The van der Waals surface area contributed by atoms with Gasteiger partial charge in [-0.05, 0) is 29.1 Å². The second-order valence-corrected chi connectivity index (χ2v) is 5.10. The molecule has 1 N–H and O–H groups in total. The molecular weight excluding hydrogens is 274 g/mol. The lowest BCUT2D eigenvalue weighted by atomic mass is 10.1. The summed E-state index contributed by atoms with van der Waals surface area (Å²) in [5, 5.41) is 5.95. The summed E-state index contributed by atoms with van der Waals surface area (Å²) in [4.78, 5) is 0. The molecule has 0 aliphatic rings. The number of benzene rings is 3. The first-order valence-corrected chi connectivity index (χ1v) is 7.24. The topological polar surface area (TPSA) is 30.5 Å². The van der Waals surface area contributed by atoms with Crippen molar-refractivity contribution in [3.8, 4) is 11.5 Å². The Balaban J connectivity index is 1.85. The van der Waals surface area contributed by atoms with Crippen LogP contribution in [0.3, 0.4) is 0 Å². The molecule has 0 radical (unpaired) electrons. The minimum absolute atomic E-state index is 0.710. The van der Waals surface area contributed by atoms with Gasteiger partial charge in [0, 0.05) is 23.7 Å². The summed E-state index contributed by atoms with van der Waals surface area (Å²) in [5.74, 6) is 1.60. The van der Waals surface area contributed by atoms with Crippen molar-refractivity contribution in [3.63, 3.8) is 0 Å². The second-order valence-electron chi connectivity index (χ2n) is 5.10. The van der Waals surface area contributed by atoms with E-state index in [1.54, 1.807) is 14.2 Å². The van der Waals surface area contributed by atoms with Gasteiger partial charge in [-0.15, -0.1) is 0 Å². The number of methoxy groups -OCH3 is 2. The monoisotopic (exact) mass is 293 g/mol. The molecule has 3 rings (SSSR count). The highest BCUT2D eigenvalue weighted by molar-refractivity contribution is 5.93. The van der Waals surface area contributed by atoms with E-state index in [1.807, 2.05) is 18.2 Å². The normalized spacial score (nSPS) is 10.5. The molecule has 0 aliphatic heterocycles. The first kappa shape index (κ1) is 14.3. The smallest absolute Gasteiger partial charge is 0.122 e. The van der Waals surface area contributed by atoms with Gasteiger partial charge in [-0.25, -0.2) is 0 Å². The molecule has 0 aliphatic carbocycles. The van der Waals surface area contributed by atoms with Crippen molar-refractivity contribution in [2.24, 2.45) is 0 Å². The summed E-state index contributed by atoms with van der Waals surface area (Å²) in [6.45, 7) is 0.710. The number of anilines is 1. The number of ether oxygens (including phenoxy) is 2. The lowest BCUT2D eigenvalue weighted by Crippen LogP contribution is -2.01. The molecule has 0 heterocycles. The van der Waals surface area contributed by atoms with Crippen molar-refractivity contribution >= 4 is 16.5 Å². The number of nitrogens with one attached hydrogen (secondary N) is 1. The number of fused-ring (bicyclic) bond motifs is 1. The molecule has 3 aromatic carbocycles. The largest absolute Gasteiger partial charge is 0.497 e. The highest BCUT2D eigenvalue weighted by Gasteiger charge is 2.04. The van der Waals surface area contributed by atoms with E-state index in [0.29, 0.717) is 6.54 Å². The van der Waals surface area contributed by atoms with E-state index in [4.69, 9.17) is 9.47 Å². The lowest BCUT2D eigenvalue weighted by Gasteiger charge is -2.12. The maximum absolute atomic E-state index is 5.31. The molecule has 112 valence electrons. The Morgan fingerprint density at radius 1 is 0.818 bits per heavy atom. The molecule has 22 heavy (non-hydrogen) atoms. The molecule has 0 amide bonds. The van der Waals surface area contributed by atoms with E-state index < -0.39 is 0 Å². The molecule has 0 fully saturated rings. The first-order valence-electron chi connectivity index (χ1n) is 7.24. The van der Waals surface area contributed by atoms with Crippen molar-refractivity contribution in [2.45, 2.75) is 6.54 Å². The summed E-state index contributed by atoms with van der Waals surface area (Å²) in [7, 11) is 3.33. The average Bonchev–Trinajstić information content (AvgIpc) is 2.59. The van der Waals surface area contributed by atoms with E-state index in [-0.39, 0.29) is 0 Å². The van der Waals surface area contributed by atoms with E-state index in [2.05, 4.69) is 47.8 Å². The molecule has 0 unspecified atom stereocenters. The molecule has 0 spiro atoms. The van der Waals surface area contributed by atoms with E-state index in [9.17, 15) is 0 Å². The molecular formula is C19H19NO2. The highest BCUT2D eigenvalue weighted by Crippen LogP contribution is 2.26. The third-order valence-corrected chi connectivity index (χ3v) is 3.68. The van der Waals surface area contributed by atoms with Gasteiger partial charge in [0.25, 0.3) is 0 Å². The van der Waals surface area contributed by atoms with Crippen LogP contribution in [0.2, 0.25) is 0 Å². The van der Waals surface area contributed by atoms with E-state index in [0.717, 1.165) is 22.7 Å². The minimum Gasteiger partial charge on any atom is -0.497 e. The Labute approximate surface area is 130 Å². The van der Waals surface area contributed by atoms with Gasteiger partial charge >= 0.3 is 0 Å². The van der Waals surface area contributed by atoms with Crippen LogP contribution in [0.1, 0.15) is 5.56 Å². The molecule has 0 saturated heterocycles. The fourth-order valence-electron chi connectivity index (χ4n) is 2.55. The fraction of sp³-hybridized carbons (Fsp3) is 0.158. The molecule has 3 heteroatoms. The molecule has 0 atom stereocenters. The van der Waals surface area contributed by atoms with Gasteiger partial charge < -0.3 is 14.8 Å². The molecule has 0 saturated carbocycles. The second kappa shape index (κ2) is 6.39. The summed E-state index contributed by atoms with van der Waals surface area (Å²) in [6.07, 6.45) is 0. The van der Waals surface area contributed by atoms with Gasteiger partial charge in [0.15, 0.2) is 0 Å². The molecule has 3 aromatic rings. The number of rotatable bonds is 5. The van der Waals surface area contributed by atoms with Gasteiger partial charge in [0.05, 0.1) is 14.2 Å². The SMILES string of the molecule is COc1cc(CNc2cccc3ccccc23)cc(OC)c1. The Morgan fingerprint density at radius 2 is 1.50 bits per heavy atom. The van der Waals surface area contributed by atoms with E-state index in [1.165, 1.54) is 10.8 Å². The zero-order valence-corrected chi connectivity index (χ0v) is 12.8. The van der Waals surface area contributed by atoms with Crippen LogP contribution in [0.4, 0.5) is 5.69 Å². The summed E-state index contributed by atoms with van der Waals surface area (Å²) in [6, 6.07) is 20.6. The van der Waals surface area contributed by atoms with Crippen molar-refractivity contribution in [3.05, 3.63) is 66.2 Å². The minimum atomic E-state index is 0.710. The van der Waals surface area contributed by atoms with Crippen molar-refractivity contribution < 1.29 is 9.47 Å². The fourth-order valence-corrected chi connectivity index (χ4v) is 2.55.